The summed E-state index contributed by atoms with van der Waals surface area (Å²) in [6.07, 6.45) is 0.730. The van der Waals surface area contributed by atoms with Gasteiger partial charge >= 0.3 is 0 Å². The van der Waals surface area contributed by atoms with Crippen molar-refractivity contribution < 1.29 is 8.42 Å². The van der Waals surface area contributed by atoms with Gasteiger partial charge in [0.15, 0.2) is 0 Å². The highest BCUT2D eigenvalue weighted by Crippen LogP contribution is 2.28. The van der Waals surface area contributed by atoms with E-state index in [4.69, 9.17) is 5.73 Å². The van der Waals surface area contributed by atoms with Crippen LogP contribution in [-0.4, -0.2) is 31.9 Å². The Morgan fingerprint density at radius 2 is 2.00 bits per heavy atom. The number of hydrogen-bond acceptors (Lipinski definition) is 3. The fraction of sp³-hybridized carbons (Fsp3) is 0.500. The van der Waals surface area contributed by atoms with Gasteiger partial charge in [-0.2, -0.15) is 4.31 Å². The van der Waals surface area contributed by atoms with E-state index in [1.54, 1.807) is 6.07 Å². The van der Waals surface area contributed by atoms with E-state index in [0.717, 1.165) is 22.0 Å². The molecule has 6 heteroatoms. The van der Waals surface area contributed by atoms with Gasteiger partial charge in [-0.25, -0.2) is 8.42 Å². The summed E-state index contributed by atoms with van der Waals surface area (Å²) in [6, 6.07) is 3.52. The molecule has 0 saturated carbocycles. The van der Waals surface area contributed by atoms with Crippen molar-refractivity contribution in [3.63, 3.8) is 0 Å². The maximum atomic E-state index is 12.5. The van der Waals surface area contributed by atoms with Gasteiger partial charge in [-0.05, 0) is 43.5 Å². The summed E-state index contributed by atoms with van der Waals surface area (Å²) in [4.78, 5) is 0.386. The van der Waals surface area contributed by atoms with E-state index < -0.39 is 10.0 Å². The van der Waals surface area contributed by atoms with Crippen LogP contribution in [0.15, 0.2) is 21.5 Å². The lowest BCUT2D eigenvalue weighted by atomic mass is 10.2. The fourth-order valence-corrected chi connectivity index (χ4v) is 4.40. The maximum absolute atomic E-state index is 12.5. The third-order valence-corrected chi connectivity index (χ3v) is 6.12. The number of rotatable bonds is 2. The molecule has 2 N–H and O–H groups in total. The van der Waals surface area contributed by atoms with Gasteiger partial charge in [-0.15, -0.1) is 0 Å². The highest BCUT2D eigenvalue weighted by atomic mass is 79.9. The van der Waals surface area contributed by atoms with Crippen molar-refractivity contribution in [1.82, 2.24) is 4.31 Å². The number of sulfonamides is 1. The molecule has 2 rings (SSSR count). The Labute approximate surface area is 116 Å². The molecule has 4 nitrogen and oxygen atoms in total. The van der Waals surface area contributed by atoms with Crippen LogP contribution in [0.3, 0.4) is 0 Å². The molecule has 0 aromatic heterocycles. The average molecular weight is 333 g/mol. The second-order valence-corrected chi connectivity index (χ2v) is 7.54. The van der Waals surface area contributed by atoms with Crippen LogP contribution in [0.5, 0.6) is 0 Å². The molecule has 1 aromatic rings. The van der Waals surface area contributed by atoms with Crippen molar-refractivity contribution in [2.24, 2.45) is 5.73 Å². The molecule has 0 amide bonds. The number of nitrogens with two attached hydrogens (primary N) is 1. The summed E-state index contributed by atoms with van der Waals surface area (Å²) in [6.45, 7) is 4.63. The molecular formula is C12H17BrN2O2S. The number of benzene rings is 1. The maximum Gasteiger partial charge on any atom is 0.243 e. The second-order valence-electron chi connectivity index (χ2n) is 4.78. The van der Waals surface area contributed by atoms with Crippen LogP contribution < -0.4 is 5.73 Å². The first-order valence-corrected chi connectivity index (χ1v) is 8.08. The molecule has 0 unspecified atom stereocenters. The summed E-state index contributed by atoms with van der Waals surface area (Å²) < 4.78 is 27.4. The van der Waals surface area contributed by atoms with E-state index >= 15 is 0 Å². The molecule has 1 atom stereocenters. The zero-order valence-electron chi connectivity index (χ0n) is 10.5. The first-order valence-electron chi connectivity index (χ1n) is 5.85. The Morgan fingerprint density at radius 1 is 1.33 bits per heavy atom. The topological polar surface area (TPSA) is 63.4 Å². The monoisotopic (exact) mass is 332 g/mol. The Kier molecular flexibility index (Phi) is 3.82. The van der Waals surface area contributed by atoms with E-state index in [1.807, 2.05) is 19.9 Å². The van der Waals surface area contributed by atoms with E-state index in [-0.39, 0.29) is 6.04 Å². The van der Waals surface area contributed by atoms with Crippen LogP contribution in [-0.2, 0) is 10.0 Å². The quantitative estimate of drug-likeness (QED) is 0.897. The van der Waals surface area contributed by atoms with E-state index in [9.17, 15) is 8.42 Å². The number of nitrogens with zero attached hydrogens (tertiary/aromatic N) is 1. The van der Waals surface area contributed by atoms with Crippen molar-refractivity contribution in [3.8, 4) is 0 Å². The van der Waals surface area contributed by atoms with E-state index in [0.29, 0.717) is 18.0 Å². The minimum Gasteiger partial charge on any atom is -0.326 e. The van der Waals surface area contributed by atoms with Gasteiger partial charge in [0.05, 0.1) is 4.90 Å². The lowest BCUT2D eigenvalue weighted by Crippen LogP contribution is -2.32. The molecule has 1 fully saturated rings. The molecule has 0 bridgehead atoms. The minimum absolute atomic E-state index is 0.0448. The Balaban J connectivity index is 2.45. The van der Waals surface area contributed by atoms with Gasteiger partial charge in [-0.1, -0.05) is 15.9 Å². The Hall–Kier alpha value is -0.430. The van der Waals surface area contributed by atoms with Gasteiger partial charge in [-0.3, -0.25) is 0 Å². The molecule has 100 valence electrons. The first kappa shape index (κ1) is 14.0. The van der Waals surface area contributed by atoms with Crippen LogP contribution >= 0.6 is 15.9 Å². The lowest BCUT2D eigenvalue weighted by molar-refractivity contribution is 0.472. The summed E-state index contributed by atoms with van der Waals surface area (Å²) in [5.41, 5.74) is 7.45. The average Bonchev–Trinajstić information content (AvgIpc) is 2.70. The largest absolute Gasteiger partial charge is 0.326 e. The number of aryl methyl sites for hydroxylation is 2. The minimum atomic E-state index is -3.41. The van der Waals surface area contributed by atoms with E-state index in [2.05, 4.69) is 15.9 Å². The van der Waals surface area contributed by atoms with Crippen molar-refractivity contribution in [2.45, 2.75) is 31.2 Å². The lowest BCUT2D eigenvalue weighted by Gasteiger charge is -2.18. The van der Waals surface area contributed by atoms with Gasteiger partial charge in [0.2, 0.25) is 10.0 Å². The zero-order valence-corrected chi connectivity index (χ0v) is 12.9. The van der Waals surface area contributed by atoms with Crippen LogP contribution in [0.1, 0.15) is 17.5 Å². The summed E-state index contributed by atoms with van der Waals surface area (Å²) in [5.74, 6) is 0. The number of hydrogen-bond donors (Lipinski definition) is 1. The highest BCUT2D eigenvalue weighted by Gasteiger charge is 2.32. The summed E-state index contributed by atoms with van der Waals surface area (Å²) in [7, 11) is -3.41. The summed E-state index contributed by atoms with van der Waals surface area (Å²) in [5, 5.41) is 0. The van der Waals surface area contributed by atoms with Gasteiger partial charge in [0.25, 0.3) is 0 Å². The Bertz CT molecular complexity index is 572. The molecule has 1 aliphatic heterocycles. The molecule has 0 radical (unpaired) electrons. The van der Waals surface area contributed by atoms with Crippen LogP contribution in [0.2, 0.25) is 0 Å². The molecule has 1 heterocycles. The van der Waals surface area contributed by atoms with Gasteiger partial charge in [0, 0.05) is 23.6 Å². The zero-order chi connectivity index (χ0) is 13.5. The molecule has 1 aromatic carbocycles. The van der Waals surface area contributed by atoms with Crippen molar-refractivity contribution in [3.05, 3.63) is 27.7 Å². The smallest absolute Gasteiger partial charge is 0.243 e. The Morgan fingerprint density at radius 3 is 2.56 bits per heavy atom. The highest BCUT2D eigenvalue weighted by molar-refractivity contribution is 9.10. The third-order valence-electron chi connectivity index (χ3n) is 3.26. The van der Waals surface area contributed by atoms with Gasteiger partial charge < -0.3 is 5.73 Å². The first-order chi connectivity index (χ1) is 8.32. The van der Waals surface area contributed by atoms with E-state index in [1.165, 1.54) is 4.31 Å². The van der Waals surface area contributed by atoms with Gasteiger partial charge in [0.1, 0.15) is 0 Å². The predicted molar refractivity (Wildman–Crippen MR) is 75.0 cm³/mol. The van der Waals surface area contributed by atoms with Crippen molar-refractivity contribution in [2.75, 3.05) is 13.1 Å². The standard InChI is InChI=1S/C12H17BrN2O2S/c1-8-6-12(9(2)5-11(8)13)18(16,17)15-4-3-10(14)7-15/h5-6,10H,3-4,7,14H2,1-2H3/t10-/m1/s1. The molecule has 0 spiro atoms. The molecule has 1 aliphatic rings. The molecule has 0 aliphatic carbocycles. The third kappa shape index (κ3) is 2.47. The fourth-order valence-electron chi connectivity index (χ4n) is 2.14. The normalized spacial score (nSPS) is 21.4. The number of halogens is 1. The summed E-state index contributed by atoms with van der Waals surface area (Å²) >= 11 is 3.41. The van der Waals surface area contributed by atoms with Crippen LogP contribution in [0, 0.1) is 13.8 Å². The SMILES string of the molecule is Cc1cc(S(=O)(=O)N2CC[C@@H](N)C2)c(C)cc1Br. The van der Waals surface area contributed by atoms with Crippen LogP contribution in [0.4, 0.5) is 0 Å². The molecule has 18 heavy (non-hydrogen) atoms. The molecular weight excluding hydrogens is 316 g/mol. The van der Waals surface area contributed by atoms with Crippen molar-refractivity contribution >= 4 is 26.0 Å². The van der Waals surface area contributed by atoms with Crippen LogP contribution in [0.25, 0.3) is 0 Å². The van der Waals surface area contributed by atoms with Crippen molar-refractivity contribution in [1.29, 1.82) is 0 Å². The second kappa shape index (κ2) is 4.92. The predicted octanol–water partition coefficient (Wildman–Crippen LogP) is 1.79. The molecule has 1 saturated heterocycles.